The molecule has 0 saturated heterocycles. The Balaban J connectivity index is 1.68. The third-order valence-corrected chi connectivity index (χ3v) is 6.00. The Kier molecular flexibility index (Phi) is 3.23. The van der Waals surface area contributed by atoms with E-state index >= 15 is 0 Å². The van der Waals surface area contributed by atoms with E-state index in [1.807, 2.05) is 0 Å². The van der Waals surface area contributed by atoms with E-state index in [2.05, 4.69) is 28.1 Å². The Labute approximate surface area is 134 Å². The van der Waals surface area contributed by atoms with Crippen molar-refractivity contribution in [2.75, 3.05) is 13.2 Å². The van der Waals surface area contributed by atoms with Crippen molar-refractivity contribution in [3.63, 3.8) is 0 Å². The van der Waals surface area contributed by atoms with Gasteiger partial charge in [-0.2, -0.15) is 0 Å². The number of rotatable bonds is 1. The molecule has 21 heavy (non-hydrogen) atoms. The fourth-order valence-corrected chi connectivity index (χ4v) is 4.28. The van der Waals surface area contributed by atoms with E-state index in [0.717, 1.165) is 42.0 Å². The number of halogens is 1. The molecule has 0 unspecified atom stereocenters. The molecule has 0 amide bonds. The molecule has 3 aliphatic rings. The zero-order chi connectivity index (χ0) is 14.5. The second kappa shape index (κ2) is 4.88. The van der Waals surface area contributed by atoms with Gasteiger partial charge in [0.15, 0.2) is 11.5 Å². The molecule has 1 aromatic carbocycles. The van der Waals surface area contributed by atoms with Crippen molar-refractivity contribution in [2.24, 2.45) is 11.1 Å². The summed E-state index contributed by atoms with van der Waals surface area (Å²) in [6.45, 7) is 1.55. The quantitative estimate of drug-likeness (QED) is 0.827. The average Bonchev–Trinajstić information content (AvgIpc) is 3.27. The van der Waals surface area contributed by atoms with Crippen molar-refractivity contribution in [3.05, 3.63) is 22.2 Å². The molecule has 4 rings (SSSR count). The number of fused-ring (bicyclic) bond motifs is 1. The monoisotopic (exact) mass is 351 g/mol. The van der Waals surface area contributed by atoms with E-state index in [4.69, 9.17) is 15.2 Å². The van der Waals surface area contributed by atoms with Crippen LogP contribution in [0.15, 0.2) is 16.6 Å². The summed E-state index contributed by atoms with van der Waals surface area (Å²) in [7, 11) is 0. The smallest absolute Gasteiger partial charge is 0.162 e. The fourth-order valence-electron chi connectivity index (χ4n) is 3.56. The molecule has 2 saturated carbocycles. The maximum atomic E-state index is 6.69. The third kappa shape index (κ3) is 2.46. The standard InChI is InChI=1S/C17H22BrNO2/c18-13-9-15-14(20-10-16(6-7-16)11-21-15)8-12(13)17(19)4-2-1-3-5-17/h8-9H,1-7,10-11,19H2. The van der Waals surface area contributed by atoms with Crippen molar-refractivity contribution < 1.29 is 9.47 Å². The Bertz CT molecular complexity index is 562. The molecule has 0 bridgehead atoms. The Morgan fingerprint density at radius 2 is 1.52 bits per heavy atom. The predicted octanol–water partition coefficient (Wildman–Crippen LogP) is 4.12. The molecule has 0 aromatic heterocycles. The largest absolute Gasteiger partial charge is 0.489 e. The van der Waals surface area contributed by atoms with E-state index in [9.17, 15) is 0 Å². The number of hydrogen-bond donors (Lipinski definition) is 1. The minimum Gasteiger partial charge on any atom is -0.489 e. The van der Waals surface area contributed by atoms with Gasteiger partial charge in [-0.3, -0.25) is 0 Å². The van der Waals surface area contributed by atoms with Crippen LogP contribution in [0.4, 0.5) is 0 Å². The molecule has 114 valence electrons. The number of hydrogen-bond acceptors (Lipinski definition) is 3. The minimum atomic E-state index is -0.223. The molecule has 0 radical (unpaired) electrons. The lowest BCUT2D eigenvalue weighted by molar-refractivity contribution is 0.197. The van der Waals surface area contributed by atoms with Crippen LogP contribution in [-0.4, -0.2) is 13.2 Å². The number of nitrogens with two attached hydrogens (primary N) is 1. The summed E-state index contributed by atoms with van der Waals surface area (Å²) in [5.74, 6) is 1.72. The molecule has 2 N–H and O–H groups in total. The molecule has 2 fully saturated rings. The van der Waals surface area contributed by atoms with E-state index in [0.29, 0.717) is 0 Å². The second-order valence-corrected chi connectivity index (χ2v) is 7.93. The highest BCUT2D eigenvalue weighted by Crippen LogP contribution is 2.50. The van der Waals surface area contributed by atoms with Gasteiger partial charge in [0.2, 0.25) is 0 Å². The highest BCUT2D eigenvalue weighted by Gasteiger charge is 2.46. The van der Waals surface area contributed by atoms with Crippen LogP contribution in [-0.2, 0) is 5.54 Å². The average molecular weight is 352 g/mol. The summed E-state index contributed by atoms with van der Waals surface area (Å²) in [5.41, 5.74) is 7.92. The van der Waals surface area contributed by atoms with Gasteiger partial charge < -0.3 is 15.2 Å². The highest BCUT2D eigenvalue weighted by molar-refractivity contribution is 9.10. The lowest BCUT2D eigenvalue weighted by Crippen LogP contribution is -2.38. The predicted molar refractivity (Wildman–Crippen MR) is 85.7 cm³/mol. The van der Waals surface area contributed by atoms with E-state index in [-0.39, 0.29) is 11.0 Å². The molecule has 3 nitrogen and oxygen atoms in total. The van der Waals surface area contributed by atoms with Crippen LogP contribution >= 0.6 is 15.9 Å². The van der Waals surface area contributed by atoms with Crippen molar-refractivity contribution in [1.29, 1.82) is 0 Å². The first-order valence-electron chi connectivity index (χ1n) is 7.99. The first kappa shape index (κ1) is 13.9. The Morgan fingerprint density at radius 1 is 0.905 bits per heavy atom. The molecule has 1 aromatic rings. The molecular formula is C17H22BrNO2. The Hall–Kier alpha value is -0.740. The zero-order valence-corrected chi connectivity index (χ0v) is 13.9. The minimum absolute atomic E-state index is 0.223. The Morgan fingerprint density at radius 3 is 2.14 bits per heavy atom. The SMILES string of the molecule is NC1(c2cc3c(cc2Br)OCC2(CC2)CO3)CCCCC1. The summed E-state index contributed by atoms with van der Waals surface area (Å²) >= 11 is 3.70. The molecule has 4 heteroatoms. The van der Waals surface area contributed by atoms with E-state index in [1.54, 1.807) is 0 Å². The lowest BCUT2D eigenvalue weighted by Gasteiger charge is -2.35. The van der Waals surface area contributed by atoms with Gasteiger partial charge in [0.25, 0.3) is 0 Å². The van der Waals surface area contributed by atoms with Gasteiger partial charge in [0, 0.05) is 15.4 Å². The van der Waals surface area contributed by atoms with Gasteiger partial charge in [0.1, 0.15) is 0 Å². The van der Waals surface area contributed by atoms with E-state index < -0.39 is 0 Å². The van der Waals surface area contributed by atoms with Crippen LogP contribution < -0.4 is 15.2 Å². The third-order valence-electron chi connectivity index (χ3n) is 5.34. The maximum absolute atomic E-state index is 6.69. The van der Waals surface area contributed by atoms with Crippen LogP contribution in [0.25, 0.3) is 0 Å². The van der Waals surface area contributed by atoms with Crippen LogP contribution in [0.1, 0.15) is 50.5 Å². The van der Waals surface area contributed by atoms with Gasteiger partial charge in [0.05, 0.1) is 13.2 Å². The van der Waals surface area contributed by atoms with Crippen molar-refractivity contribution in [2.45, 2.75) is 50.5 Å². The van der Waals surface area contributed by atoms with Crippen molar-refractivity contribution in [1.82, 2.24) is 0 Å². The summed E-state index contributed by atoms with van der Waals surface area (Å²) in [5, 5.41) is 0. The topological polar surface area (TPSA) is 44.5 Å². The van der Waals surface area contributed by atoms with Crippen LogP contribution in [0.2, 0.25) is 0 Å². The lowest BCUT2D eigenvalue weighted by atomic mass is 9.77. The van der Waals surface area contributed by atoms with Crippen LogP contribution in [0.3, 0.4) is 0 Å². The molecule has 2 aliphatic carbocycles. The van der Waals surface area contributed by atoms with Gasteiger partial charge in [-0.1, -0.05) is 35.2 Å². The van der Waals surface area contributed by atoms with Crippen LogP contribution in [0.5, 0.6) is 11.5 Å². The summed E-state index contributed by atoms with van der Waals surface area (Å²) in [6, 6.07) is 4.17. The highest BCUT2D eigenvalue weighted by atomic mass is 79.9. The van der Waals surface area contributed by atoms with Gasteiger partial charge in [-0.15, -0.1) is 0 Å². The van der Waals surface area contributed by atoms with Crippen molar-refractivity contribution >= 4 is 15.9 Å². The molecule has 1 heterocycles. The van der Waals surface area contributed by atoms with Crippen LogP contribution in [0, 0.1) is 5.41 Å². The molecule has 0 atom stereocenters. The van der Waals surface area contributed by atoms with Crippen molar-refractivity contribution in [3.8, 4) is 11.5 Å². The normalized spacial score (nSPS) is 25.4. The maximum Gasteiger partial charge on any atom is 0.162 e. The summed E-state index contributed by atoms with van der Waals surface area (Å²) in [6.07, 6.45) is 8.25. The van der Waals surface area contributed by atoms with Gasteiger partial charge in [-0.25, -0.2) is 0 Å². The van der Waals surface area contributed by atoms with Gasteiger partial charge >= 0.3 is 0 Å². The first-order chi connectivity index (χ1) is 10.1. The fraction of sp³-hybridized carbons (Fsp3) is 0.647. The number of ether oxygens (including phenoxy) is 2. The van der Waals surface area contributed by atoms with E-state index in [1.165, 1.54) is 37.7 Å². The number of benzene rings is 1. The zero-order valence-electron chi connectivity index (χ0n) is 12.3. The second-order valence-electron chi connectivity index (χ2n) is 7.07. The van der Waals surface area contributed by atoms with Gasteiger partial charge in [-0.05, 0) is 43.4 Å². The summed E-state index contributed by atoms with van der Waals surface area (Å²) in [4.78, 5) is 0. The molecule has 1 aliphatic heterocycles. The summed E-state index contributed by atoms with van der Waals surface area (Å²) < 4.78 is 13.1. The first-order valence-corrected chi connectivity index (χ1v) is 8.78. The molecular weight excluding hydrogens is 330 g/mol. The molecule has 1 spiro atoms.